The topological polar surface area (TPSA) is 71.5 Å². The van der Waals surface area contributed by atoms with E-state index in [4.69, 9.17) is 27.7 Å². The van der Waals surface area contributed by atoms with E-state index in [-0.39, 0.29) is 0 Å². The third-order valence-electron chi connectivity index (χ3n) is 7.59. The Bertz CT molecular complexity index is 1500. The molecule has 2 aliphatic rings. The molecule has 2 aromatic heterocycles. The maximum Gasteiger partial charge on any atom is 0.352 e. The SMILES string of the molecule is Cn1c(C(=O)O)cc2ccc(N3CCC(C=Cc4c(-c5c(Cl)cccc5Cl)noc4C4CC4)CC3)cc21. The number of aryl methyl sites for hydroxylation is 1. The van der Waals surface area contributed by atoms with Crippen molar-refractivity contribution in [2.75, 3.05) is 18.0 Å². The van der Waals surface area contributed by atoms with Crippen LogP contribution in [0.1, 0.15) is 53.4 Å². The van der Waals surface area contributed by atoms with Gasteiger partial charge in [-0.25, -0.2) is 4.79 Å². The minimum absolute atomic E-state index is 0.299. The Morgan fingerprint density at radius 1 is 1.08 bits per heavy atom. The van der Waals surface area contributed by atoms with Crippen LogP contribution < -0.4 is 4.90 Å². The summed E-state index contributed by atoms with van der Waals surface area (Å²) in [7, 11) is 1.80. The van der Waals surface area contributed by atoms with Crippen LogP contribution in [0.15, 0.2) is 53.1 Å². The molecule has 1 saturated heterocycles. The number of anilines is 1. The number of allylic oxidation sites excluding steroid dienone is 1. The number of aromatic nitrogens is 2. The molecule has 0 amide bonds. The molecule has 37 heavy (non-hydrogen) atoms. The Balaban J connectivity index is 1.20. The van der Waals surface area contributed by atoms with E-state index in [9.17, 15) is 9.90 Å². The molecule has 0 unspecified atom stereocenters. The largest absolute Gasteiger partial charge is 0.477 e. The first-order valence-electron chi connectivity index (χ1n) is 12.6. The quantitative estimate of drug-likeness (QED) is 0.274. The molecule has 1 N–H and O–H groups in total. The summed E-state index contributed by atoms with van der Waals surface area (Å²) in [6.45, 7) is 1.86. The Morgan fingerprint density at radius 3 is 2.49 bits per heavy atom. The van der Waals surface area contributed by atoms with Crippen molar-refractivity contribution < 1.29 is 14.4 Å². The van der Waals surface area contributed by atoms with Crippen LogP contribution in [-0.4, -0.2) is 33.9 Å². The summed E-state index contributed by atoms with van der Waals surface area (Å²) < 4.78 is 7.54. The zero-order chi connectivity index (χ0) is 25.7. The molecule has 6 nitrogen and oxygen atoms in total. The van der Waals surface area contributed by atoms with Gasteiger partial charge in [0.2, 0.25) is 0 Å². The van der Waals surface area contributed by atoms with Gasteiger partial charge in [0.05, 0.1) is 15.6 Å². The number of hydrogen-bond donors (Lipinski definition) is 1. The van der Waals surface area contributed by atoms with Gasteiger partial charge in [0.25, 0.3) is 0 Å². The van der Waals surface area contributed by atoms with Gasteiger partial charge in [0.15, 0.2) is 0 Å². The van der Waals surface area contributed by atoms with Crippen molar-refractivity contribution in [2.24, 2.45) is 13.0 Å². The number of rotatable bonds is 6. The van der Waals surface area contributed by atoms with Gasteiger partial charge in [0, 0.05) is 48.3 Å². The summed E-state index contributed by atoms with van der Waals surface area (Å²) in [5, 5.41) is 15.9. The molecule has 6 rings (SSSR count). The third-order valence-corrected chi connectivity index (χ3v) is 8.22. The van der Waals surface area contributed by atoms with E-state index in [2.05, 4.69) is 34.3 Å². The number of fused-ring (bicyclic) bond motifs is 1. The first-order chi connectivity index (χ1) is 17.9. The highest BCUT2D eigenvalue weighted by atomic mass is 35.5. The molecule has 0 bridgehead atoms. The number of hydrogen-bond acceptors (Lipinski definition) is 4. The monoisotopic (exact) mass is 535 g/mol. The van der Waals surface area contributed by atoms with Crippen molar-refractivity contribution in [1.82, 2.24) is 9.72 Å². The van der Waals surface area contributed by atoms with Crippen LogP contribution in [0, 0.1) is 5.92 Å². The van der Waals surface area contributed by atoms with E-state index in [1.54, 1.807) is 17.7 Å². The van der Waals surface area contributed by atoms with Gasteiger partial charge < -0.3 is 19.1 Å². The van der Waals surface area contributed by atoms with Gasteiger partial charge in [-0.15, -0.1) is 0 Å². The molecule has 0 radical (unpaired) electrons. The fourth-order valence-electron chi connectivity index (χ4n) is 5.32. The van der Waals surface area contributed by atoms with Crippen LogP contribution in [0.4, 0.5) is 5.69 Å². The molecular weight excluding hydrogens is 509 g/mol. The number of aromatic carboxylic acids is 1. The summed E-state index contributed by atoms with van der Waals surface area (Å²) >= 11 is 13.0. The van der Waals surface area contributed by atoms with Crippen LogP contribution in [-0.2, 0) is 7.05 Å². The maximum atomic E-state index is 11.5. The lowest BCUT2D eigenvalue weighted by Gasteiger charge is -2.32. The number of piperidine rings is 1. The molecule has 0 spiro atoms. The first-order valence-corrected chi connectivity index (χ1v) is 13.4. The number of carboxylic acid groups (broad SMARTS) is 1. The van der Waals surface area contributed by atoms with Gasteiger partial charge in [-0.2, -0.15) is 0 Å². The number of carboxylic acids is 1. The average Bonchev–Trinajstić information content (AvgIpc) is 3.57. The minimum atomic E-state index is -0.912. The van der Waals surface area contributed by atoms with E-state index >= 15 is 0 Å². The maximum absolute atomic E-state index is 11.5. The van der Waals surface area contributed by atoms with Gasteiger partial charge >= 0.3 is 5.97 Å². The predicted molar refractivity (Wildman–Crippen MR) is 148 cm³/mol. The number of benzene rings is 2. The molecule has 1 aliphatic carbocycles. The van der Waals surface area contributed by atoms with Crippen molar-refractivity contribution >= 4 is 51.8 Å². The zero-order valence-corrected chi connectivity index (χ0v) is 22.0. The Morgan fingerprint density at radius 2 is 1.81 bits per heavy atom. The second-order valence-electron chi connectivity index (χ2n) is 10.0. The molecule has 190 valence electrons. The second-order valence-corrected chi connectivity index (χ2v) is 10.8. The summed E-state index contributed by atoms with van der Waals surface area (Å²) in [6, 6.07) is 13.4. The zero-order valence-electron chi connectivity index (χ0n) is 20.5. The van der Waals surface area contributed by atoms with Crippen molar-refractivity contribution in [3.63, 3.8) is 0 Å². The number of halogens is 2. The molecule has 1 saturated carbocycles. The molecule has 0 atom stereocenters. The lowest BCUT2D eigenvalue weighted by atomic mass is 9.94. The summed E-state index contributed by atoms with van der Waals surface area (Å²) in [5.41, 5.74) is 4.78. The van der Waals surface area contributed by atoms with Crippen LogP contribution >= 0.6 is 23.2 Å². The van der Waals surface area contributed by atoms with Gasteiger partial charge in [0.1, 0.15) is 17.1 Å². The van der Waals surface area contributed by atoms with Crippen molar-refractivity contribution in [3.05, 3.63) is 75.6 Å². The molecule has 4 aromatic rings. The summed E-state index contributed by atoms with van der Waals surface area (Å²) in [6.07, 6.45) is 8.71. The normalized spacial score (nSPS) is 16.8. The lowest BCUT2D eigenvalue weighted by Crippen LogP contribution is -2.33. The van der Waals surface area contributed by atoms with Crippen molar-refractivity contribution in [3.8, 4) is 11.3 Å². The molecule has 3 heterocycles. The lowest BCUT2D eigenvalue weighted by molar-refractivity contribution is 0.0687. The van der Waals surface area contributed by atoms with Crippen molar-refractivity contribution in [2.45, 2.75) is 31.6 Å². The highest BCUT2D eigenvalue weighted by molar-refractivity contribution is 6.39. The van der Waals surface area contributed by atoms with E-state index in [0.717, 1.165) is 72.3 Å². The molecule has 2 fully saturated rings. The van der Waals surface area contributed by atoms with Crippen LogP contribution in [0.5, 0.6) is 0 Å². The van der Waals surface area contributed by atoms with E-state index in [1.807, 2.05) is 24.3 Å². The number of carbonyl (C=O) groups is 1. The van der Waals surface area contributed by atoms with Gasteiger partial charge in [-0.1, -0.05) is 52.6 Å². The Labute approximate surface area is 225 Å². The first kappa shape index (κ1) is 24.1. The highest BCUT2D eigenvalue weighted by Crippen LogP contribution is 2.46. The van der Waals surface area contributed by atoms with E-state index < -0.39 is 5.97 Å². The van der Waals surface area contributed by atoms with Crippen LogP contribution in [0.2, 0.25) is 10.0 Å². The van der Waals surface area contributed by atoms with Crippen LogP contribution in [0.3, 0.4) is 0 Å². The average molecular weight is 536 g/mol. The summed E-state index contributed by atoms with van der Waals surface area (Å²) in [4.78, 5) is 13.9. The number of nitrogens with zero attached hydrogens (tertiary/aromatic N) is 3. The smallest absolute Gasteiger partial charge is 0.352 e. The molecule has 8 heteroatoms. The van der Waals surface area contributed by atoms with Crippen LogP contribution in [0.25, 0.3) is 28.2 Å². The molecular formula is C29H27Cl2N3O3. The third kappa shape index (κ3) is 4.53. The fourth-order valence-corrected chi connectivity index (χ4v) is 5.89. The van der Waals surface area contributed by atoms with Crippen molar-refractivity contribution in [1.29, 1.82) is 0 Å². The Kier molecular flexibility index (Phi) is 6.25. The molecule has 1 aliphatic heterocycles. The van der Waals surface area contributed by atoms with Gasteiger partial charge in [-0.05, 0) is 61.9 Å². The molecule has 2 aromatic carbocycles. The standard InChI is InChI=1S/C29H27Cl2N3O3/c1-33-24-16-20(9-8-19(24)15-25(33)29(35)36)34-13-11-17(12-14-34)5-10-21-27(32-37-28(21)18-6-7-18)26-22(30)3-2-4-23(26)31/h2-5,8-10,15-18H,6-7,11-14H2,1H3,(H,35,36). The highest BCUT2D eigenvalue weighted by Gasteiger charge is 2.32. The Hall–Kier alpha value is -3.22. The minimum Gasteiger partial charge on any atom is -0.477 e. The van der Waals surface area contributed by atoms with E-state index in [0.29, 0.717) is 33.3 Å². The fraction of sp³-hybridized carbons (Fsp3) is 0.310. The summed E-state index contributed by atoms with van der Waals surface area (Å²) in [5.74, 6) is 0.866. The second kappa shape index (κ2) is 9.58. The van der Waals surface area contributed by atoms with E-state index in [1.165, 1.54) is 0 Å². The predicted octanol–water partition coefficient (Wildman–Crippen LogP) is 7.65. The van der Waals surface area contributed by atoms with Gasteiger partial charge in [-0.3, -0.25) is 0 Å².